The van der Waals surface area contributed by atoms with E-state index in [4.69, 9.17) is 5.73 Å². The minimum Gasteiger partial charge on any atom is -0.366 e. The molecule has 5 nitrogen and oxygen atoms in total. The van der Waals surface area contributed by atoms with E-state index in [0.29, 0.717) is 11.1 Å². The van der Waals surface area contributed by atoms with Crippen LogP contribution in [-0.2, 0) is 3.55 Å². The Kier molecular flexibility index (Phi) is 5.52. The zero-order chi connectivity index (χ0) is 16.6. The minimum atomic E-state index is -0.467. The van der Waals surface area contributed by atoms with Gasteiger partial charge in [0.05, 0.1) is 14.8 Å². The number of alkyl halides is 1. The SMILES string of the molecule is CN[C@](C)(I)c1ccc(-n2cc3cccc(C(N)=O)c3n2)cc1.Cl. The lowest BCUT2D eigenvalue weighted by Crippen LogP contribution is -2.29. The Morgan fingerprint density at radius 3 is 2.50 bits per heavy atom. The molecule has 0 bridgehead atoms. The molecule has 0 saturated carbocycles. The van der Waals surface area contributed by atoms with Crippen molar-refractivity contribution in [1.82, 2.24) is 15.1 Å². The summed E-state index contributed by atoms with van der Waals surface area (Å²) in [4.78, 5) is 11.5. The van der Waals surface area contributed by atoms with Crippen LogP contribution < -0.4 is 11.1 Å². The number of amides is 1. The van der Waals surface area contributed by atoms with E-state index in [1.807, 2.05) is 37.5 Å². The number of primary amides is 1. The molecular weight excluding hydrogens is 439 g/mol. The standard InChI is InChI=1S/C17H17IN4O.ClH/c1-17(18,20-2)12-6-8-13(9-7-12)22-10-11-4-3-5-14(16(19)23)15(11)21-22;/h3-10,20H,1-2H3,(H2,19,23);1H/t17-;/m0./s1. The number of hydrogen-bond donors (Lipinski definition) is 2. The van der Waals surface area contributed by atoms with E-state index >= 15 is 0 Å². The fourth-order valence-corrected chi connectivity index (χ4v) is 2.81. The van der Waals surface area contributed by atoms with Crippen molar-refractivity contribution in [2.24, 2.45) is 5.73 Å². The molecule has 0 aliphatic rings. The Labute approximate surface area is 160 Å². The molecule has 0 aliphatic carbocycles. The minimum absolute atomic E-state index is 0. The van der Waals surface area contributed by atoms with Crippen LogP contribution in [0.3, 0.4) is 0 Å². The first-order chi connectivity index (χ1) is 10.9. The van der Waals surface area contributed by atoms with Gasteiger partial charge in [0, 0.05) is 11.6 Å². The van der Waals surface area contributed by atoms with Crippen LogP contribution in [0.15, 0.2) is 48.7 Å². The smallest absolute Gasteiger partial charge is 0.250 e. The van der Waals surface area contributed by atoms with Crippen molar-refractivity contribution in [3.63, 3.8) is 0 Å². The quantitative estimate of drug-likeness (QED) is 0.359. The molecule has 0 spiro atoms. The molecule has 1 aromatic heterocycles. The van der Waals surface area contributed by atoms with E-state index in [0.717, 1.165) is 11.1 Å². The van der Waals surface area contributed by atoms with Gasteiger partial charge in [-0.3, -0.25) is 4.79 Å². The number of hydrogen-bond acceptors (Lipinski definition) is 3. The van der Waals surface area contributed by atoms with E-state index in [1.54, 1.807) is 10.7 Å². The second kappa shape index (κ2) is 7.08. The van der Waals surface area contributed by atoms with Crippen LogP contribution in [0, 0.1) is 0 Å². The molecule has 0 aliphatic heterocycles. The van der Waals surface area contributed by atoms with Gasteiger partial charge in [0.1, 0.15) is 5.52 Å². The van der Waals surface area contributed by atoms with E-state index in [9.17, 15) is 4.79 Å². The highest BCUT2D eigenvalue weighted by Gasteiger charge is 2.19. The van der Waals surface area contributed by atoms with Gasteiger partial charge in [-0.25, -0.2) is 4.68 Å². The van der Waals surface area contributed by atoms with Gasteiger partial charge in [0.2, 0.25) is 0 Å². The molecule has 3 N–H and O–H groups in total. The monoisotopic (exact) mass is 456 g/mol. The Morgan fingerprint density at radius 1 is 1.25 bits per heavy atom. The summed E-state index contributed by atoms with van der Waals surface area (Å²) in [6.07, 6.45) is 1.90. The van der Waals surface area contributed by atoms with Gasteiger partial charge in [-0.15, -0.1) is 12.4 Å². The molecule has 0 unspecified atom stereocenters. The maximum atomic E-state index is 11.5. The molecular formula is C17H18ClIN4O. The molecule has 24 heavy (non-hydrogen) atoms. The van der Waals surface area contributed by atoms with Crippen molar-refractivity contribution < 1.29 is 4.79 Å². The number of aromatic nitrogens is 2. The molecule has 0 fully saturated rings. The van der Waals surface area contributed by atoms with Gasteiger partial charge < -0.3 is 11.1 Å². The van der Waals surface area contributed by atoms with Crippen molar-refractivity contribution in [3.05, 3.63) is 59.8 Å². The number of nitrogens with zero attached hydrogens (tertiary/aromatic N) is 2. The number of benzene rings is 2. The number of rotatable bonds is 4. The predicted octanol–water partition coefficient (Wildman–Crippen LogP) is 3.37. The van der Waals surface area contributed by atoms with Gasteiger partial charge in [-0.05, 0) is 37.7 Å². The summed E-state index contributed by atoms with van der Waals surface area (Å²) in [6.45, 7) is 2.11. The maximum absolute atomic E-state index is 11.5. The summed E-state index contributed by atoms with van der Waals surface area (Å²) in [6, 6.07) is 13.6. The number of fused-ring (bicyclic) bond motifs is 1. The van der Waals surface area contributed by atoms with Crippen molar-refractivity contribution in [1.29, 1.82) is 0 Å². The van der Waals surface area contributed by atoms with Crippen molar-refractivity contribution >= 4 is 51.8 Å². The molecule has 126 valence electrons. The molecule has 3 aromatic rings. The highest BCUT2D eigenvalue weighted by Crippen LogP contribution is 2.28. The molecule has 3 rings (SSSR count). The summed E-state index contributed by atoms with van der Waals surface area (Å²) in [5.41, 5.74) is 8.59. The fourth-order valence-electron chi connectivity index (χ4n) is 2.45. The summed E-state index contributed by atoms with van der Waals surface area (Å²) in [5.74, 6) is -0.467. The highest BCUT2D eigenvalue weighted by molar-refractivity contribution is 14.1. The largest absolute Gasteiger partial charge is 0.366 e. The lowest BCUT2D eigenvalue weighted by molar-refractivity contribution is 0.100. The topological polar surface area (TPSA) is 72.9 Å². The Bertz CT molecular complexity index is 874. The van der Waals surface area contributed by atoms with Gasteiger partial charge >= 0.3 is 0 Å². The Hall–Kier alpha value is -1.64. The van der Waals surface area contributed by atoms with E-state index < -0.39 is 5.91 Å². The van der Waals surface area contributed by atoms with Crippen LogP contribution in [0.1, 0.15) is 22.8 Å². The average Bonchev–Trinajstić information content (AvgIpc) is 2.98. The molecule has 0 radical (unpaired) electrons. The van der Waals surface area contributed by atoms with Crippen LogP contribution in [-0.4, -0.2) is 22.7 Å². The van der Waals surface area contributed by atoms with Crippen LogP contribution in [0.5, 0.6) is 0 Å². The lowest BCUT2D eigenvalue weighted by atomic mass is 10.1. The van der Waals surface area contributed by atoms with Crippen LogP contribution >= 0.6 is 35.0 Å². The van der Waals surface area contributed by atoms with Gasteiger partial charge in [-0.2, -0.15) is 5.10 Å². The third-order valence-corrected chi connectivity index (χ3v) is 5.11. The van der Waals surface area contributed by atoms with Crippen LogP contribution in [0.2, 0.25) is 0 Å². The summed E-state index contributed by atoms with van der Waals surface area (Å²) in [7, 11) is 1.94. The van der Waals surface area contributed by atoms with E-state index in [1.165, 1.54) is 5.56 Å². The van der Waals surface area contributed by atoms with Crippen molar-refractivity contribution in [2.45, 2.75) is 10.5 Å². The third kappa shape index (κ3) is 3.40. The Balaban J connectivity index is 0.00000208. The first-order valence-corrected chi connectivity index (χ1v) is 8.27. The Morgan fingerprint density at radius 2 is 1.92 bits per heavy atom. The van der Waals surface area contributed by atoms with Gasteiger partial charge in [0.25, 0.3) is 5.91 Å². The molecule has 0 saturated heterocycles. The first-order valence-electron chi connectivity index (χ1n) is 7.19. The average molecular weight is 457 g/mol. The third-order valence-electron chi connectivity index (χ3n) is 3.95. The second-order valence-electron chi connectivity index (χ2n) is 5.48. The predicted molar refractivity (Wildman–Crippen MR) is 107 cm³/mol. The van der Waals surface area contributed by atoms with E-state index in [2.05, 4.69) is 52.1 Å². The van der Waals surface area contributed by atoms with Gasteiger partial charge in [0.15, 0.2) is 0 Å². The highest BCUT2D eigenvalue weighted by atomic mass is 127. The lowest BCUT2D eigenvalue weighted by Gasteiger charge is -2.22. The normalized spacial score (nSPS) is 13.3. The molecule has 2 aromatic carbocycles. The molecule has 1 atom stereocenters. The number of nitrogens with two attached hydrogens (primary N) is 1. The number of halogens is 2. The summed E-state index contributed by atoms with van der Waals surface area (Å²) in [5, 5.41) is 8.67. The molecule has 1 amide bonds. The van der Waals surface area contributed by atoms with Crippen molar-refractivity contribution in [2.75, 3.05) is 7.05 Å². The number of nitrogens with one attached hydrogen (secondary N) is 1. The summed E-state index contributed by atoms with van der Waals surface area (Å²) < 4.78 is 1.65. The van der Waals surface area contributed by atoms with Crippen molar-refractivity contribution in [3.8, 4) is 5.69 Å². The maximum Gasteiger partial charge on any atom is 0.250 e. The first kappa shape index (κ1) is 18.7. The molecule has 7 heteroatoms. The van der Waals surface area contributed by atoms with Crippen LogP contribution in [0.4, 0.5) is 0 Å². The van der Waals surface area contributed by atoms with Crippen LogP contribution in [0.25, 0.3) is 16.6 Å². The second-order valence-corrected chi connectivity index (χ2v) is 7.64. The van der Waals surface area contributed by atoms with Gasteiger partial charge in [-0.1, -0.05) is 46.9 Å². The zero-order valence-corrected chi connectivity index (χ0v) is 16.3. The fraction of sp³-hybridized carbons (Fsp3) is 0.176. The number of carbonyl (C=O) groups is 1. The molecule has 1 heterocycles. The zero-order valence-electron chi connectivity index (χ0n) is 13.3. The summed E-state index contributed by atoms with van der Waals surface area (Å²) >= 11 is 2.37. The number of carbonyl (C=O) groups excluding carboxylic acids is 1. The van der Waals surface area contributed by atoms with E-state index in [-0.39, 0.29) is 16.0 Å².